The van der Waals surface area contributed by atoms with Gasteiger partial charge in [-0.2, -0.15) is 0 Å². The van der Waals surface area contributed by atoms with E-state index in [4.69, 9.17) is 14.6 Å². The van der Waals surface area contributed by atoms with Crippen molar-refractivity contribution in [2.24, 2.45) is 0 Å². The summed E-state index contributed by atoms with van der Waals surface area (Å²) in [6.45, 7) is 4.05. The largest absolute Gasteiger partial charge is 0.494 e. The standard InChI is InChI=1S/C16H17NO5S/c1-3-21-11-4-6-12(7-5-11)22-9-14(18)17-15-13(16(19)20)8-10(2)23-15/h4-8H,3,9H2,1-2H3,(H,17,18)(H,19,20). The molecular weight excluding hydrogens is 318 g/mol. The van der Waals surface area contributed by atoms with Crippen LogP contribution in [0.25, 0.3) is 0 Å². The lowest BCUT2D eigenvalue weighted by Crippen LogP contribution is -2.20. The molecule has 0 aliphatic carbocycles. The molecule has 0 aliphatic heterocycles. The normalized spacial score (nSPS) is 10.2. The SMILES string of the molecule is CCOc1ccc(OCC(=O)Nc2sc(C)cc2C(=O)O)cc1. The van der Waals surface area contributed by atoms with Crippen molar-refractivity contribution in [2.75, 3.05) is 18.5 Å². The predicted octanol–water partition coefficient (Wildman–Crippen LogP) is 3.17. The summed E-state index contributed by atoms with van der Waals surface area (Å²) >= 11 is 1.22. The molecule has 1 aromatic heterocycles. The van der Waals surface area contributed by atoms with Gasteiger partial charge < -0.3 is 19.9 Å². The lowest BCUT2D eigenvalue weighted by Gasteiger charge is -2.08. The van der Waals surface area contributed by atoms with Crippen LogP contribution in [-0.4, -0.2) is 30.2 Å². The van der Waals surface area contributed by atoms with Crippen LogP contribution < -0.4 is 14.8 Å². The summed E-state index contributed by atoms with van der Waals surface area (Å²) in [5.41, 5.74) is 0.0851. The third-order valence-electron chi connectivity index (χ3n) is 2.84. The summed E-state index contributed by atoms with van der Waals surface area (Å²) in [6.07, 6.45) is 0. The second-order valence-electron chi connectivity index (χ2n) is 4.65. The van der Waals surface area contributed by atoms with Crippen LogP contribution in [0.2, 0.25) is 0 Å². The van der Waals surface area contributed by atoms with Gasteiger partial charge in [0.1, 0.15) is 16.5 Å². The molecule has 0 saturated carbocycles. The first-order valence-corrected chi connectivity index (χ1v) is 7.80. The summed E-state index contributed by atoms with van der Waals surface area (Å²) in [7, 11) is 0. The Balaban J connectivity index is 1.91. The number of nitrogens with one attached hydrogen (secondary N) is 1. The van der Waals surface area contributed by atoms with E-state index in [-0.39, 0.29) is 12.2 Å². The van der Waals surface area contributed by atoms with Crippen LogP contribution in [0.1, 0.15) is 22.2 Å². The molecule has 1 heterocycles. The highest BCUT2D eigenvalue weighted by molar-refractivity contribution is 7.16. The molecule has 7 heteroatoms. The number of hydrogen-bond acceptors (Lipinski definition) is 5. The van der Waals surface area contributed by atoms with Crippen LogP contribution in [0.15, 0.2) is 30.3 Å². The Bertz CT molecular complexity index is 693. The average molecular weight is 335 g/mol. The molecule has 0 spiro atoms. The monoisotopic (exact) mass is 335 g/mol. The Morgan fingerprint density at radius 1 is 1.17 bits per heavy atom. The van der Waals surface area contributed by atoms with Gasteiger partial charge in [0.15, 0.2) is 6.61 Å². The second kappa shape index (κ2) is 7.64. The van der Waals surface area contributed by atoms with Crippen LogP contribution in [0.4, 0.5) is 5.00 Å². The number of amides is 1. The number of carbonyl (C=O) groups is 2. The fourth-order valence-electron chi connectivity index (χ4n) is 1.88. The number of thiophene rings is 1. The van der Waals surface area contributed by atoms with E-state index in [1.807, 2.05) is 6.92 Å². The van der Waals surface area contributed by atoms with Crippen LogP contribution >= 0.6 is 11.3 Å². The maximum atomic E-state index is 11.9. The molecule has 0 fully saturated rings. The predicted molar refractivity (Wildman–Crippen MR) is 87.8 cm³/mol. The minimum atomic E-state index is -1.07. The number of benzene rings is 1. The molecule has 122 valence electrons. The molecule has 2 N–H and O–H groups in total. The van der Waals surface area contributed by atoms with E-state index in [9.17, 15) is 9.59 Å². The van der Waals surface area contributed by atoms with Crippen LogP contribution in [0.3, 0.4) is 0 Å². The average Bonchev–Trinajstić information content (AvgIpc) is 2.88. The summed E-state index contributed by atoms with van der Waals surface area (Å²) in [5.74, 6) is -0.228. The first kappa shape index (κ1) is 16.8. The Morgan fingerprint density at radius 3 is 2.35 bits per heavy atom. The minimum Gasteiger partial charge on any atom is -0.494 e. The van der Waals surface area contributed by atoms with Crippen molar-refractivity contribution >= 4 is 28.2 Å². The van der Waals surface area contributed by atoms with Crippen molar-refractivity contribution in [3.8, 4) is 11.5 Å². The van der Waals surface area contributed by atoms with Crippen molar-refractivity contribution < 1.29 is 24.2 Å². The number of hydrogen-bond donors (Lipinski definition) is 2. The summed E-state index contributed by atoms with van der Waals surface area (Å²) < 4.78 is 10.7. The van der Waals surface area contributed by atoms with E-state index in [0.717, 1.165) is 10.6 Å². The number of carboxylic acid groups (broad SMARTS) is 1. The maximum absolute atomic E-state index is 11.9. The van der Waals surface area contributed by atoms with Gasteiger partial charge in [0.05, 0.1) is 12.2 Å². The molecule has 0 saturated heterocycles. The van der Waals surface area contributed by atoms with Crippen LogP contribution in [0.5, 0.6) is 11.5 Å². The molecule has 23 heavy (non-hydrogen) atoms. The second-order valence-corrected chi connectivity index (χ2v) is 5.90. The van der Waals surface area contributed by atoms with E-state index in [2.05, 4.69) is 5.32 Å². The lowest BCUT2D eigenvalue weighted by atomic mass is 10.3. The highest BCUT2D eigenvalue weighted by atomic mass is 32.1. The zero-order valence-corrected chi connectivity index (χ0v) is 13.6. The summed E-state index contributed by atoms with van der Waals surface area (Å²) in [4.78, 5) is 23.8. The molecular formula is C16H17NO5S. The number of carboxylic acids is 1. The van der Waals surface area contributed by atoms with Gasteiger partial charge in [0.2, 0.25) is 0 Å². The van der Waals surface area contributed by atoms with E-state index in [0.29, 0.717) is 17.4 Å². The number of aryl methyl sites for hydroxylation is 1. The molecule has 0 radical (unpaired) electrons. The Labute approximate surface area is 137 Å². The number of anilines is 1. The van der Waals surface area contributed by atoms with E-state index < -0.39 is 11.9 Å². The molecule has 0 atom stereocenters. The van der Waals surface area contributed by atoms with E-state index in [1.165, 1.54) is 17.4 Å². The highest BCUT2D eigenvalue weighted by Gasteiger charge is 2.16. The van der Waals surface area contributed by atoms with E-state index >= 15 is 0 Å². The topological polar surface area (TPSA) is 84.9 Å². The zero-order valence-electron chi connectivity index (χ0n) is 12.8. The molecule has 1 aromatic carbocycles. The highest BCUT2D eigenvalue weighted by Crippen LogP contribution is 2.27. The van der Waals surface area contributed by atoms with Gasteiger partial charge in [-0.15, -0.1) is 11.3 Å². The molecule has 6 nitrogen and oxygen atoms in total. The van der Waals surface area contributed by atoms with Gasteiger partial charge in [-0.05, 0) is 44.2 Å². The third kappa shape index (κ3) is 4.72. The van der Waals surface area contributed by atoms with Gasteiger partial charge in [-0.25, -0.2) is 4.79 Å². The van der Waals surface area contributed by atoms with Gasteiger partial charge >= 0.3 is 5.97 Å². The minimum absolute atomic E-state index is 0.0851. The molecule has 2 aromatic rings. The molecule has 0 aliphatic rings. The van der Waals surface area contributed by atoms with Crippen molar-refractivity contribution in [2.45, 2.75) is 13.8 Å². The fraction of sp³-hybridized carbons (Fsp3) is 0.250. The van der Waals surface area contributed by atoms with Crippen molar-refractivity contribution in [1.29, 1.82) is 0 Å². The lowest BCUT2D eigenvalue weighted by molar-refractivity contribution is -0.118. The van der Waals surface area contributed by atoms with Gasteiger partial charge in [0.25, 0.3) is 5.91 Å². The van der Waals surface area contributed by atoms with Crippen molar-refractivity contribution in [3.05, 3.63) is 40.8 Å². The van der Waals surface area contributed by atoms with Crippen molar-refractivity contribution in [3.63, 3.8) is 0 Å². The number of carbonyl (C=O) groups excluding carboxylic acids is 1. The third-order valence-corrected chi connectivity index (χ3v) is 3.81. The van der Waals surface area contributed by atoms with Crippen LogP contribution in [0, 0.1) is 6.92 Å². The first-order chi connectivity index (χ1) is 11.0. The van der Waals surface area contributed by atoms with Gasteiger partial charge in [-0.3, -0.25) is 4.79 Å². The maximum Gasteiger partial charge on any atom is 0.338 e. The van der Waals surface area contributed by atoms with E-state index in [1.54, 1.807) is 31.2 Å². The Morgan fingerprint density at radius 2 is 1.78 bits per heavy atom. The van der Waals surface area contributed by atoms with Crippen LogP contribution in [-0.2, 0) is 4.79 Å². The zero-order chi connectivity index (χ0) is 16.8. The number of aromatic carboxylic acids is 1. The number of ether oxygens (including phenoxy) is 2. The quantitative estimate of drug-likeness (QED) is 0.812. The Hall–Kier alpha value is -2.54. The smallest absolute Gasteiger partial charge is 0.338 e. The first-order valence-electron chi connectivity index (χ1n) is 6.99. The molecule has 0 unspecified atom stereocenters. The fourth-order valence-corrected chi connectivity index (χ4v) is 2.80. The summed E-state index contributed by atoms with van der Waals surface area (Å²) in [5, 5.41) is 12.0. The van der Waals surface area contributed by atoms with Gasteiger partial charge in [0, 0.05) is 4.88 Å². The Kier molecular flexibility index (Phi) is 5.59. The molecule has 2 rings (SSSR count). The van der Waals surface area contributed by atoms with Gasteiger partial charge in [-0.1, -0.05) is 0 Å². The summed E-state index contributed by atoms with van der Waals surface area (Å²) in [6, 6.07) is 8.44. The number of rotatable bonds is 7. The van der Waals surface area contributed by atoms with Crippen molar-refractivity contribution in [1.82, 2.24) is 0 Å². The molecule has 1 amide bonds. The molecule has 0 bridgehead atoms.